The van der Waals surface area contributed by atoms with Crippen LogP contribution in [0.4, 0.5) is 0 Å². The maximum atomic E-state index is 11.9. The van der Waals surface area contributed by atoms with Crippen molar-refractivity contribution in [2.24, 2.45) is 5.73 Å². The van der Waals surface area contributed by atoms with Crippen molar-refractivity contribution >= 4 is 11.8 Å². The molecule has 0 amide bonds. The van der Waals surface area contributed by atoms with Crippen LogP contribution in [0.3, 0.4) is 0 Å². The Morgan fingerprint density at radius 1 is 1.17 bits per heavy atom. The van der Waals surface area contributed by atoms with Crippen LogP contribution in [-0.2, 0) is 4.79 Å². The summed E-state index contributed by atoms with van der Waals surface area (Å²) in [6.45, 7) is 13.4. The number of allylic oxidation sites excluding steroid dienone is 3. The van der Waals surface area contributed by atoms with E-state index >= 15 is 0 Å². The molecule has 0 fully saturated rings. The van der Waals surface area contributed by atoms with Crippen molar-refractivity contribution in [3.8, 4) is 5.75 Å². The van der Waals surface area contributed by atoms with Crippen LogP contribution < -0.4 is 10.5 Å². The van der Waals surface area contributed by atoms with Gasteiger partial charge in [-0.15, -0.1) is 0 Å². The van der Waals surface area contributed by atoms with Crippen LogP contribution in [0.25, 0.3) is 0 Å². The molecule has 0 heterocycles. The van der Waals surface area contributed by atoms with Gasteiger partial charge in [-0.25, -0.2) is 4.79 Å². The van der Waals surface area contributed by atoms with Crippen LogP contribution >= 0.6 is 0 Å². The van der Waals surface area contributed by atoms with E-state index in [0.29, 0.717) is 16.9 Å². The molecule has 0 saturated heterocycles. The smallest absolute Gasteiger partial charge is 0.343 e. The second-order valence-corrected chi connectivity index (χ2v) is 3.69. The van der Waals surface area contributed by atoms with Gasteiger partial charge in [0.1, 0.15) is 11.6 Å². The van der Waals surface area contributed by atoms with Crippen molar-refractivity contribution in [2.75, 3.05) is 0 Å². The molecule has 0 aromatic heterocycles. The van der Waals surface area contributed by atoms with Gasteiger partial charge < -0.3 is 10.5 Å². The Hall–Kier alpha value is -2.62. The monoisotopic (exact) mass is 316 g/mol. The van der Waals surface area contributed by atoms with E-state index in [1.165, 1.54) is 6.08 Å². The highest BCUT2D eigenvalue weighted by molar-refractivity contribution is 5.95. The number of hydrogen-bond donors (Lipinski definition) is 2. The van der Waals surface area contributed by atoms with E-state index in [-0.39, 0.29) is 5.84 Å². The van der Waals surface area contributed by atoms with E-state index < -0.39 is 5.97 Å². The fourth-order valence-corrected chi connectivity index (χ4v) is 1.37. The number of ether oxygens (including phenoxy) is 1. The molecule has 1 aromatic rings. The maximum Gasteiger partial charge on any atom is 0.343 e. The number of hydrogen-bond acceptors (Lipinski definition) is 3. The third-order valence-corrected chi connectivity index (χ3v) is 2.26. The first-order chi connectivity index (χ1) is 11.1. The van der Waals surface area contributed by atoms with Crippen molar-refractivity contribution in [3.63, 3.8) is 0 Å². The van der Waals surface area contributed by atoms with Crippen molar-refractivity contribution in [2.45, 2.75) is 34.6 Å². The number of nitrogens with one attached hydrogen (secondary N) is 1. The first-order valence-electron chi connectivity index (χ1n) is 7.70. The Morgan fingerprint density at radius 3 is 2.09 bits per heavy atom. The predicted octanol–water partition coefficient (Wildman–Crippen LogP) is 4.62. The molecule has 0 bridgehead atoms. The third kappa shape index (κ3) is 9.09. The normalized spacial score (nSPS) is 9.87. The van der Waals surface area contributed by atoms with Gasteiger partial charge in [0.15, 0.2) is 0 Å². The number of nitrogens with two attached hydrogens (primary N) is 1. The standard InChI is InChI=1S/C15H16N2O2.2C2H6/c1-3-5-12(6-4-2)15(18)19-13-9-7-11(8-10-13)14(16)17;2*1-2/h3-10H,1H2,2H3,(H3,16,17);2*1-2H3/b6-4-,12-5+;;. The van der Waals surface area contributed by atoms with Crippen LogP contribution in [0, 0.1) is 5.41 Å². The molecule has 3 N–H and O–H groups in total. The molecule has 0 radical (unpaired) electrons. The Kier molecular flexibility index (Phi) is 14.1. The summed E-state index contributed by atoms with van der Waals surface area (Å²) in [7, 11) is 0. The van der Waals surface area contributed by atoms with E-state index in [0.717, 1.165) is 0 Å². The summed E-state index contributed by atoms with van der Waals surface area (Å²) in [4.78, 5) is 11.9. The lowest BCUT2D eigenvalue weighted by molar-refractivity contribution is -0.129. The SMILES string of the molecule is C=C/C=C(\C=C/C)C(=O)Oc1ccc(C(=N)N)cc1.CC.CC. The first kappa shape index (κ1) is 22.7. The molecular formula is C19H28N2O2. The molecule has 0 aliphatic rings. The lowest BCUT2D eigenvalue weighted by Gasteiger charge is -2.05. The fraction of sp³-hybridized carbons (Fsp3) is 0.263. The van der Waals surface area contributed by atoms with Crippen LogP contribution in [0.1, 0.15) is 40.2 Å². The largest absolute Gasteiger partial charge is 0.423 e. The van der Waals surface area contributed by atoms with Crippen molar-refractivity contribution in [1.82, 2.24) is 0 Å². The van der Waals surface area contributed by atoms with Gasteiger partial charge in [-0.05, 0) is 37.3 Å². The van der Waals surface area contributed by atoms with Crippen LogP contribution in [0.2, 0.25) is 0 Å². The number of benzene rings is 1. The van der Waals surface area contributed by atoms with Gasteiger partial charge >= 0.3 is 5.97 Å². The molecule has 0 saturated carbocycles. The third-order valence-electron chi connectivity index (χ3n) is 2.26. The number of carbonyl (C=O) groups is 1. The number of nitrogen functional groups attached to an aromatic ring is 1. The minimum absolute atomic E-state index is 0.0287. The molecule has 0 aliphatic heterocycles. The molecular weight excluding hydrogens is 288 g/mol. The van der Waals surface area contributed by atoms with Crippen LogP contribution in [0.15, 0.2) is 60.7 Å². The summed E-state index contributed by atoms with van der Waals surface area (Å²) in [5.74, 6) is -0.0953. The van der Waals surface area contributed by atoms with Gasteiger partial charge in [0.05, 0.1) is 5.57 Å². The highest BCUT2D eigenvalue weighted by Crippen LogP contribution is 2.14. The van der Waals surface area contributed by atoms with Crippen molar-refractivity contribution in [1.29, 1.82) is 5.41 Å². The molecule has 4 nitrogen and oxygen atoms in total. The minimum Gasteiger partial charge on any atom is -0.423 e. The zero-order chi connectivity index (χ0) is 18.3. The molecule has 0 atom stereocenters. The fourth-order valence-electron chi connectivity index (χ4n) is 1.37. The molecule has 0 unspecified atom stereocenters. The highest BCUT2D eigenvalue weighted by Gasteiger charge is 2.08. The van der Waals surface area contributed by atoms with E-state index in [1.54, 1.807) is 42.5 Å². The summed E-state index contributed by atoms with van der Waals surface area (Å²) in [6.07, 6.45) is 6.49. The minimum atomic E-state index is -0.464. The average molecular weight is 316 g/mol. The number of esters is 1. The van der Waals surface area contributed by atoms with E-state index in [2.05, 4.69) is 6.58 Å². The second-order valence-electron chi connectivity index (χ2n) is 3.69. The first-order valence-corrected chi connectivity index (χ1v) is 7.70. The zero-order valence-electron chi connectivity index (χ0n) is 14.7. The van der Waals surface area contributed by atoms with Crippen molar-refractivity contribution in [3.05, 3.63) is 66.3 Å². The molecule has 4 heteroatoms. The zero-order valence-corrected chi connectivity index (χ0v) is 14.7. The average Bonchev–Trinajstić information content (AvgIpc) is 2.58. The molecule has 23 heavy (non-hydrogen) atoms. The van der Waals surface area contributed by atoms with E-state index in [9.17, 15) is 4.79 Å². The van der Waals surface area contributed by atoms with Gasteiger partial charge in [0.25, 0.3) is 0 Å². The van der Waals surface area contributed by atoms with Gasteiger partial charge in [-0.3, -0.25) is 5.41 Å². The van der Waals surface area contributed by atoms with Crippen molar-refractivity contribution < 1.29 is 9.53 Å². The Morgan fingerprint density at radius 2 is 1.70 bits per heavy atom. The molecule has 0 aliphatic carbocycles. The predicted molar refractivity (Wildman–Crippen MR) is 98.9 cm³/mol. The summed E-state index contributed by atoms with van der Waals surface area (Å²) in [6, 6.07) is 6.43. The summed E-state index contributed by atoms with van der Waals surface area (Å²) >= 11 is 0. The van der Waals surface area contributed by atoms with Gasteiger partial charge in [-0.2, -0.15) is 0 Å². The summed E-state index contributed by atoms with van der Waals surface area (Å²) in [5, 5.41) is 7.27. The highest BCUT2D eigenvalue weighted by atomic mass is 16.5. The van der Waals surface area contributed by atoms with Gasteiger partial charge in [0.2, 0.25) is 0 Å². The van der Waals surface area contributed by atoms with Gasteiger partial charge in [-0.1, -0.05) is 52.5 Å². The Balaban J connectivity index is 0. The molecule has 0 spiro atoms. The topological polar surface area (TPSA) is 76.2 Å². The number of amidine groups is 1. The van der Waals surface area contributed by atoms with E-state index in [4.69, 9.17) is 15.9 Å². The van der Waals surface area contributed by atoms with Crippen LogP contribution in [-0.4, -0.2) is 11.8 Å². The summed E-state index contributed by atoms with van der Waals surface area (Å²) in [5.41, 5.74) is 6.33. The maximum absolute atomic E-state index is 11.9. The lowest BCUT2D eigenvalue weighted by atomic mass is 10.2. The number of rotatable bonds is 5. The van der Waals surface area contributed by atoms with Crippen LogP contribution in [0.5, 0.6) is 5.75 Å². The van der Waals surface area contributed by atoms with E-state index in [1.807, 2.05) is 34.6 Å². The Labute approximate surface area is 139 Å². The molecule has 126 valence electrons. The quantitative estimate of drug-likeness (QED) is 0.208. The summed E-state index contributed by atoms with van der Waals surface area (Å²) < 4.78 is 5.20. The second kappa shape index (κ2) is 14.3. The molecule has 1 aromatic carbocycles. The number of carbonyl (C=O) groups excluding carboxylic acids is 1. The lowest BCUT2D eigenvalue weighted by Crippen LogP contribution is -2.12. The Bertz CT molecular complexity index is 541. The molecule has 1 rings (SSSR count). The van der Waals surface area contributed by atoms with Gasteiger partial charge in [0, 0.05) is 5.56 Å².